The van der Waals surface area contributed by atoms with E-state index in [1.165, 1.54) is 4.70 Å². The Balaban J connectivity index is 2.20. The summed E-state index contributed by atoms with van der Waals surface area (Å²) >= 11 is 1.69. The number of thiophene rings is 1. The fraction of sp³-hybridized carbons (Fsp3) is 0.467. The summed E-state index contributed by atoms with van der Waals surface area (Å²) in [5, 5.41) is 4.47. The van der Waals surface area contributed by atoms with E-state index < -0.39 is 13.0 Å². The Labute approximate surface area is 121 Å². The first-order valence-electron chi connectivity index (χ1n) is 6.66. The van der Waals surface area contributed by atoms with Crippen LogP contribution < -0.4 is 5.32 Å². The SMILES string of the molecule is CC(C)NCc1sc2ccccc2c1COCC(F)F. The number of hydrogen-bond donors (Lipinski definition) is 1. The average molecular weight is 299 g/mol. The Bertz CT molecular complexity index is 554. The van der Waals surface area contributed by atoms with Gasteiger partial charge in [-0.2, -0.15) is 0 Å². The summed E-state index contributed by atoms with van der Waals surface area (Å²) in [6.45, 7) is 4.63. The van der Waals surface area contributed by atoms with Gasteiger partial charge in [-0.1, -0.05) is 32.0 Å². The maximum Gasteiger partial charge on any atom is 0.261 e. The minimum atomic E-state index is -2.42. The van der Waals surface area contributed by atoms with Crippen molar-refractivity contribution in [2.75, 3.05) is 6.61 Å². The standard InChI is InChI=1S/C15H19F2NOS/c1-10(2)18-7-14-12(8-19-9-15(16)17)11-5-3-4-6-13(11)20-14/h3-6,10,15,18H,7-9H2,1-2H3. The van der Waals surface area contributed by atoms with Gasteiger partial charge in [0.1, 0.15) is 6.61 Å². The lowest BCUT2D eigenvalue weighted by Crippen LogP contribution is -2.21. The van der Waals surface area contributed by atoms with E-state index in [1.807, 2.05) is 18.2 Å². The van der Waals surface area contributed by atoms with Crippen molar-refractivity contribution in [2.45, 2.75) is 39.5 Å². The highest BCUT2D eigenvalue weighted by atomic mass is 32.1. The summed E-state index contributed by atoms with van der Waals surface area (Å²) in [5.74, 6) is 0. The Kier molecular flexibility index (Phi) is 5.46. The number of rotatable bonds is 7. The normalized spacial score (nSPS) is 11.9. The fourth-order valence-electron chi connectivity index (χ4n) is 2.00. The first-order chi connectivity index (χ1) is 9.58. The van der Waals surface area contributed by atoms with Crippen LogP contribution in [0.25, 0.3) is 10.1 Å². The van der Waals surface area contributed by atoms with E-state index in [2.05, 4.69) is 25.2 Å². The molecule has 2 aromatic rings. The van der Waals surface area contributed by atoms with Gasteiger partial charge < -0.3 is 10.1 Å². The summed E-state index contributed by atoms with van der Waals surface area (Å²) in [6, 6.07) is 8.41. The third kappa shape index (κ3) is 3.98. The molecule has 1 N–H and O–H groups in total. The van der Waals surface area contributed by atoms with Crippen molar-refractivity contribution in [1.82, 2.24) is 5.32 Å². The number of hydrogen-bond acceptors (Lipinski definition) is 3. The summed E-state index contributed by atoms with van der Waals surface area (Å²) in [4.78, 5) is 1.16. The molecule has 20 heavy (non-hydrogen) atoms. The third-order valence-electron chi connectivity index (χ3n) is 2.94. The Morgan fingerprint density at radius 3 is 2.70 bits per heavy atom. The van der Waals surface area contributed by atoms with E-state index in [1.54, 1.807) is 11.3 Å². The van der Waals surface area contributed by atoms with E-state index in [-0.39, 0.29) is 6.61 Å². The molecule has 110 valence electrons. The third-order valence-corrected chi connectivity index (χ3v) is 4.16. The number of nitrogens with one attached hydrogen (secondary N) is 1. The van der Waals surface area contributed by atoms with Gasteiger partial charge in [-0.3, -0.25) is 0 Å². The number of alkyl halides is 2. The number of halogens is 2. The first kappa shape index (κ1) is 15.4. The van der Waals surface area contributed by atoms with E-state index in [0.717, 1.165) is 22.4 Å². The van der Waals surface area contributed by atoms with Gasteiger partial charge in [0, 0.05) is 27.7 Å². The molecular weight excluding hydrogens is 280 g/mol. The second kappa shape index (κ2) is 7.11. The Morgan fingerprint density at radius 1 is 1.25 bits per heavy atom. The number of fused-ring (bicyclic) bond motifs is 1. The second-order valence-electron chi connectivity index (χ2n) is 4.94. The van der Waals surface area contributed by atoms with E-state index in [0.29, 0.717) is 6.04 Å². The van der Waals surface area contributed by atoms with Gasteiger partial charge in [0.05, 0.1) is 6.61 Å². The first-order valence-corrected chi connectivity index (χ1v) is 7.48. The molecular formula is C15H19F2NOS. The van der Waals surface area contributed by atoms with Crippen LogP contribution in [-0.2, 0) is 17.9 Å². The van der Waals surface area contributed by atoms with Crippen LogP contribution in [0.4, 0.5) is 8.78 Å². The molecule has 0 radical (unpaired) electrons. The van der Waals surface area contributed by atoms with Crippen LogP contribution in [0.5, 0.6) is 0 Å². The molecule has 0 aliphatic rings. The predicted octanol–water partition coefficient (Wildman–Crippen LogP) is 4.18. The van der Waals surface area contributed by atoms with Gasteiger partial charge in [0.25, 0.3) is 6.43 Å². The molecule has 0 saturated heterocycles. The zero-order valence-electron chi connectivity index (χ0n) is 11.7. The van der Waals surface area contributed by atoms with Gasteiger partial charge in [-0.25, -0.2) is 8.78 Å². The molecule has 1 heterocycles. The topological polar surface area (TPSA) is 21.3 Å². The molecule has 2 nitrogen and oxygen atoms in total. The molecule has 5 heteroatoms. The average Bonchev–Trinajstić information content (AvgIpc) is 2.74. The number of ether oxygens (including phenoxy) is 1. The lowest BCUT2D eigenvalue weighted by Gasteiger charge is -2.09. The van der Waals surface area contributed by atoms with Crippen molar-refractivity contribution in [2.24, 2.45) is 0 Å². The fourth-order valence-corrected chi connectivity index (χ4v) is 3.16. The molecule has 0 spiro atoms. The lowest BCUT2D eigenvalue weighted by molar-refractivity contribution is 0.0101. The monoisotopic (exact) mass is 299 g/mol. The van der Waals surface area contributed by atoms with Crippen LogP contribution in [0.3, 0.4) is 0 Å². The molecule has 2 rings (SSSR count). The quantitative estimate of drug-likeness (QED) is 0.828. The van der Waals surface area contributed by atoms with Crippen molar-refractivity contribution >= 4 is 21.4 Å². The molecule has 1 aromatic carbocycles. The van der Waals surface area contributed by atoms with Crippen LogP contribution in [-0.4, -0.2) is 19.1 Å². The van der Waals surface area contributed by atoms with Crippen molar-refractivity contribution in [3.63, 3.8) is 0 Å². The van der Waals surface area contributed by atoms with E-state index >= 15 is 0 Å². The molecule has 0 unspecified atom stereocenters. The van der Waals surface area contributed by atoms with Gasteiger partial charge in [0.2, 0.25) is 0 Å². The Morgan fingerprint density at radius 2 is 2.00 bits per heavy atom. The van der Waals surface area contributed by atoms with Crippen LogP contribution in [0.2, 0.25) is 0 Å². The molecule has 0 aliphatic carbocycles. The van der Waals surface area contributed by atoms with Gasteiger partial charge in [0.15, 0.2) is 0 Å². The van der Waals surface area contributed by atoms with Gasteiger partial charge in [-0.15, -0.1) is 11.3 Å². The summed E-state index contributed by atoms with van der Waals surface area (Å²) in [5.41, 5.74) is 1.03. The lowest BCUT2D eigenvalue weighted by atomic mass is 10.1. The smallest absolute Gasteiger partial charge is 0.261 e. The summed E-state index contributed by atoms with van der Waals surface area (Å²) < 4.78 is 30.7. The molecule has 0 atom stereocenters. The van der Waals surface area contributed by atoms with Crippen LogP contribution >= 0.6 is 11.3 Å². The highest BCUT2D eigenvalue weighted by Crippen LogP contribution is 2.32. The minimum absolute atomic E-state index is 0.240. The molecule has 0 fully saturated rings. The van der Waals surface area contributed by atoms with Crippen molar-refractivity contribution in [3.05, 3.63) is 34.7 Å². The largest absolute Gasteiger partial charge is 0.371 e. The van der Waals surface area contributed by atoms with Crippen molar-refractivity contribution < 1.29 is 13.5 Å². The van der Waals surface area contributed by atoms with Crippen LogP contribution in [0.1, 0.15) is 24.3 Å². The highest BCUT2D eigenvalue weighted by Gasteiger charge is 2.13. The minimum Gasteiger partial charge on any atom is -0.371 e. The number of benzene rings is 1. The van der Waals surface area contributed by atoms with Crippen molar-refractivity contribution in [3.8, 4) is 0 Å². The molecule has 1 aromatic heterocycles. The Hall–Kier alpha value is -1.04. The van der Waals surface area contributed by atoms with E-state index in [4.69, 9.17) is 4.74 Å². The zero-order chi connectivity index (χ0) is 14.5. The second-order valence-corrected chi connectivity index (χ2v) is 6.08. The van der Waals surface area contributed by atoms with Crippen LogP contribution in [0, 0.1) is 0 Å². The summed E-state index contributed by atoms with van der Waals surface area (Å²) in [7, 11) is 0. The van der Waals surface area contributed by atoms with Crippen molar-refractivity contribution in [1.29, 1.82) is 0 Å². The predicted molar refractivity (Wildman–Crippen MR) is 79.5 cm³/mol. The molecule has 0 aliphatic heterocycles. The van der Waals surface area contributed by atoms with Gasteiger partial charge >= 0.3 is 0 Å². The molecule has 0 amide bonds. The van der Waals surface area contributed by atoms with Crippen LogP contribution in [0.15, 0.2) is 24.3 Å². The maximum absolute atomic E-state index is 12.2. The zero-order valence-corrected chi connectivity index (χ0v) is 12.5. The summed E-state index contributed by atoms with van der Waals surface area (Å²) in [6.07, 6.45) is -2.42. The molecule has 0 saturated carbocycles. The maximum atomic E-state index is 12.2. The molecule has 0 bridgehead atoms. The van der Waals surface area contributed by atoms with E-state index in [9.17, 15) is 8.78 Å². The highest BCUT2D eigenvalue weighted by molar-refractivity contribution is 7.19. The van der Waals surface area contributed by atoms with Gasteiger partial charge in [-0.05, 0) is 11.5 Å².